The highest BCUT2D eigenvalue weighted by Gasteiger charge is 2.66. The molecule has 10 heteroatoms. The number of carbonyl (C=O) groups excluding carboxylic acids is 3. The number of aliphatic hydroxyl groups excluding tert-OH is 1. The van der Waals surface area contributed by atoms with Gasteiger partial charge in [-0.15, -0.1) is 6.58 Å². The molecule has 3 aromatic carbocycles. The first kappa shape index (κ1) is 32.3. The van der Waals surface area contributed by atoms with Crippen molar-refractivity contribution in [3.05, 3.63) is 108 Å². The van der Waals surface area contributed by atoms with Crippen LogP contribution in [0.1, 0.15) is 34.8 Å². The Hall–Kier alpha value is -4.09. The quantitative estimate of drug-likeness (QED) is 0.210. The molecule has 0 aliphatic carbocycles. The lowest BCUT2D eigenvalue weighted by Crippen LogP contribution is -2.46. The van der Waals surface area contributed by atoms with Crippen molar-refractivity contribution < 1.29 is 29.0 Å². The first-order valence-electron chi connectivity index (χ1n) is 15.3. The molecule has 236 valence electrons. The Morgan fingerprint density at radius 1 is 1.09 bits per heavy atom. The van der Waals surface area contributed by atoms with Crippen LogP contribution in [0.2, 0.25) is 18.6 Å². The van der Waals surface area contributed by atoms with Gasteiger partial charge in [-0.2, -0.15) is 0 Å². The lowest BCUT2D eigenvalue weighted by molar-refractivity contribution is -0.149. The fourth-order valence-electron chi connectivity index (χ4n) is 6.98. The molecule has 2 heterocycles. The summed E-state index contributed by atoms with van der Waals surface area (Å²) in [4.78, 5) is 56.0. The minimum Gasteiger partial charge on any atom is -0.432 e. The van der Waals surface area contributed by atoms with Crippen LogP contribution in [0.3, 0.4) is 0 Å². The molecule has 5 rings (SSSR count). The third kappa shape index (κ3) is 6.23. The molecule has 0 aromatic heterocycles. The van der Waals surface area contributed by atoms with Gasteiger partial charge in [0.05, 0.1) is 24.8 Å². The molecule has 3 amide bonds. The molecule has 0 unspecified atom stereocenters. The summed E-state index contributed by atoms with van der Waals surface area (Å²) < 4.78 is 6.80. The smallest absolute Gasteiger partial charge is 0.264 e. The number of fused-ring (bicyclic) bond motifs is 2. The zero-order chi connectivity index (χ0) is 32.4. The Balaban J connectivity index is 1.51. The number of benzene rings is 3. The van der Waals surface area contributed by atoms with Crippen molar-refractivity contribution in [2.24, 2.45) is 5.92 Å². The van der Waals surface area contributed by atoms with Gasteiger partial charge in [-0.3, -0.25) is 14.4 Å². The molecular weight excluding hydrogens is 586 g/mol. The summed E-state index contributed by atoms with van der Waals surface area (Å²) in [5.74, 6) is -1.29. The molecule has 1 saturated heterocycles. The van der Waals surface area contributed by atoms with E-state index in [2.05, 4.69) is 11.9 Å². The van der Waals surface area contributed by atoms with Crippen molar-refractivity contribution in [3.63, 3.8) is 0 Å². The first-order valence-corrected chi connectivity index (χ1v) is 18.3. The van der Waals surface area contributed by atoms with Gasteiger partial charge < -0.3 is 29.8 Å². The molecule has 3 N–H and O–H groups in total. The maximum Gasteiger partial charge on any atom is 0.264 e. The Kier molecular flexibility index (Phi) is 9.40. The normalized spacial score (nSPS) is 22.4. The van der Waals surface area contributed by atoms with E-state index < -0.39 is 31.5 Å². The molecule has 1 fully saturated rings. The van der Waals surface area contributed by atoms with E-state index in [1.807, 2.05) is 56.4 Å². The zero-order valence-corrected chi connectivity index (χ0v) is 27.0. The Morgan fingerprint density at radius 3 is 2.38 bits per heavy atom. The third-order valence-corrected chi connectivity index (χ3v) is 11.4. The van der Waals surface area contributed by atoms with Crippen molar-refractivity contribution in [2.45, 2.75) is 50.2 Å². The number of anilines is 2. The van der Waals surface area contributed by atoms with E-state index in [-0.39, 0.29) is 43.8 Å². The first-order chi connectivity index (χ1) is 21.5. The van der Waals surface area contributed by atoms with E-state index in [4.69, 9.17) is 4.74 Å². The average Bonchev–Trinajstić information content (AvgIpc) is 3.44. The predicted octanol–water partition coefficient (Wildman–Crippen LogP) is 4.68. The fraction of sp³-hybridized carbons (Fsp3) is 0.343. The molecule has 45 heavy (non-hydrogen) atoms. The van der Waals surface area contributed by atoms with Crippen LogP contribution < -0.4 is 10.2 Å². The highest BCUT2D eigenvalue weighted by atomic mass is 28.4. The molecule has 3 aromatic rings. The Morgan fingerprint density at radius 2 is 1.76 bits per heavy atom. The third-order valence-electron chi connectivity index (χ3n) is 8.90. The number of ether oxygens (including phenoxy) is 1. The van der Waals surface area contributed by atoms with Gasteiger partial charge >= 0.3 is 0 Å². The van der Waals surface area contributed by atoms with Gasteiger partial charge in [0.15, 0.2) is 13.9 Å². The second-order valence-corrected chi connectivity index (χ2v) is 16.3. The molecule has 0 radical (unpaired) electrons. The summed E-state index contributed by atoms with van der Waals surface area (Å²) in [5, 5.41) is 12.7. The second-order valence-electron chi connectivity index (χ2n) is 12.3. The van der Waals surface area contributed by atoms with Gasteiger partial charge in [-0.25, -0.2) is 0 Å². The number of amides is 3. The topological polar surface area (TPSA) is 119 Å². The summed E-state index contributed by atoms with van der Waals surface area (Å²) in [6.45, 7) is 9.87. The van der Waals surface area contributed by atoms with Crippen molar-refractivity contribution in [1.29, 1.82) is 0 Å². The van der Waals surface area contributed by atoms with E-state index in [1.165, 1.54) is 0 Å². The molecule has 4 atom stereocenters. The minimum absolute atomic E-state index is 0.0604. The largest absolute Gasteiger partial charge is 0.432 e. The monoisotopic (exact) mass is 627 g/mol. The van der Waals surface area contributed by atoms with E-state index in [1.54, 1.807) is 58.3 Å². The van der Waals surface area contributed by atoms with Gasteiger partial charge in [0.2, 0.25) is 5.91 Å². The van der Waals surface area contributed by atoms with Crippen LogP contribution in [-0.4, -0.2) is 66.6 Å². The zero-order valence-electron chi connectivity index (χ0n) is 26.0. The van der Waals surface area contributed by atoms with Gasteiger partial charge in [0.1, 0.15) is 0 Å². The lowest BCUT2D eigenvalue weighted by Gasteiger charge is -2.32. The molecule has 2 aliphatic heterocycles. The second kappa shape index (κ2) is 13.1. The van der Waals surface area contributed by atoms with Crippen LogP contribution in [-0.2, 0) is 26.5 Å². The number of aliphatic hydroxyl groups is 1. The van der Waals surface area contributed by atoms with Gasteiger partial charge in [-0.1, -0.05) is 61.5 Å². The Labute approximate surface area is 265 Å². The highest BCUT2D eigenvalue weighted by molar-refractivity contribution is 6.71. The Bertz CT molecular complexity index is 1560. The highest BCUT2D eigenvalue weighted by Crippen LogP contribution is 2.60. The van der Waals surface area contributed by atoms with E-state index in [0.29, 0.717) is 29.0 Å². The van der Waals surface area contributed by atoms with Crippen molar-refractivity contribution in [2.75, 3.05) is 29.9 Å². The van der Waals surface area contributed by atoms with Gasteiger partial charge in [0.25, 0.3) is 11.8 Å². The number of hydrogen-bond acceptors (Lipinski definition) is 6. The lowest BCUT2D eigenvalue weighted by atomic mass is 9.82. The summed E-state index contributed by atoms with van der Waals surface area (Å²) in [6, 6.07) is 23.7. The maximum absolute atomic E-state index is 14.4. The summed E-state index contributed by atoms with van der Waals surface area (Å²) in [7, 11) is -3.02. The number of carbonyl (C=O) groups is 3. The molecule has 0 bridgehead atoms. The molecule has 0 saturated carbocycles. The molecule has 2 aliphatic rings. The van der Waals surface area contributed by atoms with Crippen LogP contribution >= 0.6 is 0 Å². The number of nitrogens with zero attached hydrogens (tertiary/aromatic N) is 2. The van der Waals surface area contributed by atoms with Crippen LogP contribution in [0.25, 0.3) is 0 Å². The molecule has 1 spiro atoms. The van der Waals surface area contributed by atoms with Crippen LogP contribution in [0.4, 0.5) is 11.4 Å². The van der Waals surface area contributed by atoms with Crippen molar-refractivity contribution >= 4 is 37.4 Å². The van der Waals surface area contributed by atoms with E-state index >= 15 is 0 Å². The predicted molar refractivity (Wildman–Crippen MR) is 176 cm³/mol. The summed E-state index contributed by atoms with van der Waals surface area (Å²) in [6.07, 6.45) is 0.833. The van der Waals surface area contributed by atoms with Gasteiger partial charge in [-0.05, 0) is 49.0 Å². The fourth-order valence-corrected chi connectivity index (χ4v) is 9.53. The number of nitrogens with one attached hydrogen (secondary N) is 1. The SMILES string of the molecule is C=CCN1C(=O)[C@@]2(O[C@@H](CC(=O)N(CCO)Cc3ccccc3)[C@H]([Si](C)(C)O)[C@H]2C)c2cc(NC(=O)c3ccccc3)ccc21. The number of hydrogen-bond donors (Lipinski definition) is 3. The summed E-state index contributed by atoms with van der Waals surface area (Å²) in [5.41, 5.74) is 1.21. The average molecular weight is 628 g/mol. The maximum atomic E-state index is 14.4. The standard InChI is InChI=1S/C35H41N3O6Si/c1-5-18-38-29-17-16-27(36-33(41)26-14-10-7-11-15-26)21-28(29)35(34(38)42)24(2)32(45(3,4)43)30(44-35)22-31(40)37(19-20-39)23-25-12-8-6-9-13-25/h5-17,21,24,30,32,39,43H,1,18-20,22-23H2,2-4H3,(H,36,41)/t24-,30+,32-,35+/m1/s1. The molecular formula is C35H41N3O6Si. The van der Waals surface area contributed by atoms with Crippen molar-refractivity contribution in [3.8, 4) is 0 Å². The van der Waals surface area contributed by atoms with E-state index in [0.717, 1.165) is 5.56 Å². The van der Waals surface area contributed by atoms with E-state index in [9.17, 15) is 24.3 Å². The van der Waals surface area contributed by atoms with Crippen LogP contribution in [0.15, 0.2) is 91.5 Å². The van der Waals surface area contributed by atoms with Crippen LogP contribution in [0.5, 0.6) is 0 Å². The number of rotatable bonds is 11. The summed E-state index contributed by atoms with van der Waals surface area (Å²) >= 11 is 0. The van der Waals surface area contributed by atoms with Gasteiger partial charge in [0, 0.05) is 47.9 Å². The van der Waals surface area contributed by atoms with Crippen LogP contribution in [0, 0.1) is 5.92 Å². The minimum atomic E-state index is -3.02. The molecule has 9 nitrogen and oxygen atoms in total. The van der Waals surface area contributed by atoms with Crippen molar-refractivity contribution in [1.82, 2.24) is 4.90 Å².